The Balaban J connectivity index is 1.65. The van der Waals surface area contributed by atoms with Gasteiger partial charge in [-0.1, -0.05) is 35.9 Å². The Morgan fingerprint density at radius 1 is 1.00 bits per heavy atom. The topological polar surface area (TPSA) is 95.7 Å². The zero-order chi connectivity index (χ0) is 21.8. The van der Waals surface area contributed by atoms with Gasteiger partial charge in [-0.25, -0.2) is 4.39 Å². The number of aromatic nitrogens is 2. The number of nitrogens with zero attached hydrogens (tertiary/aromatic N) is 4. The highest BCUT2D eigenvalue weighted by Gasteiger charge is 2.19. The fourth-order valence-electron chi connectivity index (χ4n) is 2.91. The van der Waals surface area contributed by atoms with Crippen LogP contribution >= 0.6 is 11.6 Å². The predicted molar refractivity (Wildman–Crippen MR) is 110 cm³/mol. The zero-order valence-electron chi connectivity index (χ0n) is 15.8. The van der Waals surface area contributed by atoms with Gasteiger partial charge in [-0.15, -0.1) is 10.2 Å². The van der Waals surface area contributed by atoms with E-state index in [1.54, 1.807) is 0 Å². The molecule has 0 aliphatic rings. The van der Waals surface area contributed by atoms with E-state index in [2.05, 4.69) is 10.2 Å². The molecule has 0 aliphatic carbocycles. The van der Waals surface area contributed by atoms with Crippen molar-refractivity contribution in [2.75, 3.05) is 0 Å². The molecule has 6 nitrogen and oxygen atoms in total. The van der Waals surface area contributed by atoms with Gasteiger partial charge in [-0.05, 0) is 36.4 Å². The summed E-state index contributed by atoms with van der Waals surface area (Å²) in [5, 5.41) is 26.7. The van der Waals surface area contributed by atoms with Crippen molar-refractivity contribution < 1.29 is 13.5 Å². The number of hydrogen-bond acceptors (Lipinski definition) is 6. The van der Waals surface area contributed by atoms with E-state index in [4.69, 9.17) is 26.0 Å². The molecule has 1 heterocycles. The fourth-order valence-corrected chi connectivity index (χ4v) is 3.14. The molecular weight excluding hydrogens is 419 g/mol. The van der Waals surface area contributed by atoms with Gasteiger partial charge in [0.05, 0.1) is 23.6 Å². The molecule has 150 valence electrons. The van der Waals surface area contributed by atoms with Crippen molar-refractivity contribution in [3.63, 3.8) is 0 Å². The third-order valence-corrected chi connectivity index (χ3v) is 4.57. The molecule has 0 atom stereocenters. The van der Waals surface area contributed by atoms with E-state index in [0.717, 1.165) is 5.56 Å². The minimum Gasteiger partial charge on any atom is -0.453 e. The van der Waals surface area contributed by atoms with Crippen molar-refractivity contribution in [2.45, 2.75) is 6.42 Å². The maximum Gasteiger partial charge on any atom is 0.247 e. The third-order valence-electron chi connectivity index (χ3n) is 4.35. The first-order chi connectivity index (χ1) is 15.1. The number of halogens is 2. The Labute approximate surface area is 181 Å². The highest BCUT2D eigenvalue weighted by Crippen LogP contribution is 2.33. The molecule has 0 saturated carbocycles. The molecule has 1 aromatic heterocycles. The molecule has 8 heteroatoms. The van der Waals surface area contributed by atoms with Gasteiger partial charge in [0.1, 0.15) is 11.8 Å². The lowest BCUT2D eigenvalue weighted by molar-refractivity contribution is 0.435. The summed E-state index contributed by atoms with van der Waals surface area (Å²) in [7, 11) is 0. The largest absolute Gasteiger partial charge is 0.453 e. The molecule has 4 rings (SSSR count). The zero-order valence-corrected chi connectivity index (χ0v) is 16.6. The van der Waals surface area contributed by atoms with Crippen LogP contribution in [0.1, 0.15) is 22.6 Å². The molecule has 31 heavy (non-hydrogen) atoms. The molecule has 0 spiro atoms. The second-order valence-electron chi connectivity index (χ2n) is 6.46. The standard InChI is InChI=1S/C23H12ClFN4O2/c24-18-8-14(12-26)9-19(11-18)30-22-17(13-27)7-6-16(21(22)25)10-20-28-29-23(31-20)15-4-2-1-3-5-15/h1-9,11H,10H2. The Hall–Kier alpha value is -4.20. The van der Waals surface area contributed by atoms with E-state index < -0.39 is 5.82 Å². The third kappa shape index (κ3) is 4.37. The van der Waals surface area contributed by atoms with E-state index in [1.165, 1.54) is 30.3 Å². The van der Waals surface area contributed by atoms with Crippen LogP contribution in [0.2, 0.25) is 5.02 Å². The number of benzene rings is 3. The molecule has 3 aromatic carbocycles. The molecule has 0 radical (unpaired) electrons. The highest BCUT2D eigenvalue weighted by atomic mass is 35.5. The van der Waals surface area contributed by atoms with Crippen LogP contribution in [0.4, 0.5) is 4.39 Å². The summed E-state index contributed by atoms with van der Waals surface area (Å²) in [5.74, 6) is -0.335. The second kappa shape index (κ2) is 8.66. The lowest BCUT2D eigenvalue weighted by atomic mass is 10.1. The van der Waals surface area contributed by atoms with Crippen molar-refractivity contribution >= 4 is 11.6 Å². The van der Waals surface area contributed by atoms with Crippen molar-refractivity contribution in [1.29, 1.82) is 10.5 Å². The fraction of sp³-hybridized carbons (Fsp3) is 0.0435. The van der Waals surface area contributed by atoms with Gasteiger partial charge in [0.2, 0.25) is 11.8 Å². The maximum atomic E-state index is 15.2. The Morgan fingerprint density at radius 2 is 1.81 bits per heavy atom. The van der Waals surface area contributed by atoms with Gasteiger partial charge >= 0.3 is 0 Å². The van der Waals surface area contributed by atoms with Crippen LogP contribution < -0.4 is 4.74 Å². The van der Waals surface area contributed by atoms with Crippen LogP contribution in [-0.2, 0) is 6.42 Å². The van der Waals surface area contributed by atoms with Crippen LogP contribution in [0.3, 0.4) is 0 Å². The maximum absolute atomic E-state index is 15.2. The Bertz CT molecular complexity index is 1340. The summed E-state index contributed by atoms with van der Waals surface area (Å²) < 4.78 is 26.5. The van der Waals surface area contributed by atoms with Gasteiger partial charge in [0, 0.05) is 16.1 Å². The van der Waals surface area contributed by atoms with Crippen molar-refractivity contribution in [3.05, 3.63) is 94.1 Å². The van der Waals surface area contributed by atoms with Gasteiger partial charge < -0.3 is 9.15 Å². The highest BCUT2D eigenvalue weighted by molar-refractivity contribution is 6.30. The molecule has 0 aliphatic heterocycles. The van der Waals surface area contributed by atoms with Crippen LogP contribution in [-0.4, -0.2) is 10.2 Å². The monoisotopic (exact) mass is 430 g/mol. The van der Waals surface area contributed by atoms with Gasteiger partial charge in [0.15, 0.2) is 11.6 Å². The minimum absolute atomic E-state index is 0.00441. The average molecular weight is 431 g/mol. The minimum atomic E-state index is -0.739. The van der Waals surface area contributed by atoms with E-state index in [9.17, 15) is 5.26 Å². The van der Waals surface area contributed by atoms with Crippen molar-refractivity contribution in [1.82, 2.24) is 10.2 Å². The first-order valence-electron chi connectivity index (χ1n) is 9.05. The molecular formula is C23H12ClFN4O2. The Morgan fingerprint density at radius 3 is 2.55 bits per heavy atom. The molecule has 4 aromatic rings. The lowest BCUT2D eigenvalue weighted by Gasteiger charge is -2.11. The molecule has 0 amide bonds. The van der Waals surface area contributed by atoms with E-state index in [0.29, 0.717) is 5.89 Å². The quantitative estimate of drug-likeness (QED) is 0.405. The normalized spacial score (nSPS) is 10.3. The molecule has 0 fully saturated rings. The summed E-state index contributed by atoms with van der Waals surface area (Å²) in [5.41, 5.74) is 1.20. The van der Waals surface area contributed by atoms with E-state index in [1.807, 2.05) is 42.5 Å². The summed E-state index contributed by atoms with van der Waals surface area (Å²) in [6.45, 7) is 0. The Kier molecular flexibility index (Phi) is 5.61. The van der Waals surface area contributed by atoms with Crippen LogP contribution in [0.25, 0.3) is 11.5 Å². The number of ether oxygens (including phenoxy) is 1. The number of nitriles is 2. The predicted octanol–water partition coefficient (Wildman–Crippen LogP) is 5.66. The van der Waals surface area contributed by atoms with Crippen LogP contribution in [0, 0.1) is 28.5 Å². The average Bonchev–Trinajstić information content (AvgIpc) is 3.25. The molecule has 0 N–H and O–H groups in total. The van der Waals surface area contributed by atoms with E-state index in [-0.39, 0.29) is 45.5 Å². The number of hydrogen-bond donors (Lipinski definition) is 0. The number of rotatable bonds is 5. The second-order valence-corrected chi connectivity index (χ2v) is 6.90. The van der Waals surface area contributed by atoms with Crippen LogP contribution in [0.5, 0.6) is 11.5 Å². The van der Waals surface area contributed by atoms with Crippen molar-refractivity contribution in [2.24, 2.45) is 0 Å². The SMILES string of the molecule is N#Cc1cc(Cl)cc(Oc2c(C#N)ccc(Cc3nnc(-c4ccccc4)o3)c2F)c1. The van der Waals surface area contributed by atoms with Crippen molar-refractivity contribution in [3.8, 4) is 35.1 Å². The summed E-state index contributed by atoms with van der Waals surface area (Å²) in [4.78, 5) is 0. The first-order valence-corrected chi connectivity index (χ1v) is 9.43. The molecule has 0 unspecified atom stereocenters. The van der Waals surface area contributed by atoms with Gasteiger partial charge in [0.25, 0.3) is 0 Å². The first kappa shape index (κ1) is 20.1. The summed E-state index contributed by atoms with van der Waals surface area (Å²) in [6.07, 6.45) is 0.00667. The van der Waals surface area contributed by atoms with Crippen LogP contribution in [0.15, 0.2) is 65.1 Å². The smallest absolute Gasteiger partial charge is 0.247 e. The van der Waals surface area contributed by atoms with E-state index >= 15 is 4.39 Å². The van der Waals surface area contributed by atoms with Gasteiger partial charge in [-0.3, -0.25) is 0 Å². The van der Waals surface area contributed by atoms with Gasteiger partial charge in [-0.2, -0.15) is 10.5 Å². The summed E-state index contributed by atoms with van der Waals surface area (Å²) >= 11 is 5.98. The molecule has 0 saturated heterocycles. The molecule has 0 bridgehead atoms. The lowest BCUT2D eigenvalue weighted by Crippen LogP contribution is -1.99. The summed E-state index contributed by atoms with van der Waals surface area (Å²) in [6, 6.07) is 20.2.